The van der Waals surface area contributed by atoms with E-state index in [2.05, 4.69) is 58.9 Å². The number of nitrogens with zero attached hydrogens (tertiary/aromatic N) is 1. The van der Waals surface area contributed by atoms with E-state index in [4.69, 9.17) is 9.72 Å². The van der Waals surface area contributed by atoms with Crippen molar-refractivity contribution in [1.82, 2.24) is 4.98 Å². The third-order valence-corrected chi connectivity index (χ3v) is 5.29. The van der Waals surface area contributed by atoms with Gasteiger partial charge >= 0.3 is 0 Å². The van der Waals surface area contributed by atoms with Crippen molar-refractivity contribution in [2.75, 3.05) is 0 Å². The van der Waals surface area contributed by atoms with Gasteiger partial charge in [0.15, 0.2) is 0 Å². The van der Waals surface area contributed by atoms with E-state index in [0.29, 0.717) is 0 Å². The van der Waals surface area contributed by atoms with E-state index in [1.165, 1.54) is 74.3 Å². The van der Waals surface area contributed by atoms with Gasteiger partial charge in [0.1, 0.15) is 5.60 Å². The summed E-state index contributed by atoms with van der Waals surface area (Å²) in [5.41, 5.74) is 3.69. The molecule has 2 heteroatoms. The van der Waals surface area contributed by atoms with Crippen molar-refractivity contribution >= 4 is 10.9 Å². The van der Waals surface area contributed by atoms with Crippen LogP contribution in [0.3, 0.4) is 0 Å². The Morgan fingerprint density at radius 2 is 1.32 bits per heavy atom. The van der Waals surface area contributed by atoms with Crippen LogP contribution in [-0.2, 0) is 12.8 Å². The molecule has 0 aliphatic rings. The van der Waals surface area contributed by atoms with Crippen molar-refractivity contribution in [3.05, 3.63) is 35.4 Å². The third kappa shape index (κ3) is 7.11. The number of hydrogen-bond acceptors (Lipinski definition) is 2. The van der Waals surface area contributed by atoms with Crippen LogP contribution in [0.2, 0.25) is 0 Å². The van der Waals surface area contributed by atoms with Crippen molar-refractivity contribution in [2.45, 2.75) is 111 Å². The molecule has 0 aliphatic carbocycles. The molecule has 0 saturated heterocycles. The summed E-state index contributed by atoms with van der Waals surface area (Å²) in [7, 11) is 0. The standard InChI is InChI=1S/C26H41NO/c1-6-8-10-12-14-17-21-22-18-15-16-20-24(22)27-25(28-26(3,4)5)23(21)19-13-11-9-7-2/h15-16,18,20H,6-14,17,19H2,1-5H3. The molecule has 0 N–H and O–H groups in total. The van der Waals surface area contributed by atoms with Crippen LogP contribution in [0.1, 0.15) is 104 Å². The maximum Gasteiger partial charge on any atom is 0.217 e. The number of hydrogen-bond donors (Lipinski definition) is 0. The Balaban J connectivity index is 2.36. The van der Waals surface area contributed by atoms with Gasteiger partial charge in [-0.2, -0.15) is 0 Å². The number of pyridine rings is 1. The fourth-order valence-corrected chi connectivity index (χ4v) is 3.85. The maximum absolute atomic E-state index is 6.37. The second-order valence-corrected chi connectivity index (χ2v) is 9.08. The summed E-state index contributed by atoms with van der Waals surface area (Å²) in [6, 6.07) is 8.62. The van der Waals surface area contributed by atoms with Gasteiger partial charge < -0.3 is 4.74 Å². The summed E-state index contributed by atoms with van der Waals surface area (Å²) in [5.74, 6) is 0.867. The fraction of sp³-hybridized carbons (Fsp3) is 0.654. The predicted molar refractivity (Wildman–Crippen MR) is 122 cm³/mol. The third-order valence-electron chi connectivity index (χ3n) is 5.29. The summed E-state index contributed by atoms with van der Waals surface area (Å²) in [4.78, 5) is 4.96. The van der Waals surface area contributed by atoms with Crippen molar-refractivity contribution in [1.29, 1.82) is 0 Å². The summed E-state index contributed by atoms with van der Waals surface area (Å²) in [6.07, 6.45) is 13.9. The molecule has 2 aromatic rings. The Morgan fingerprint density at radius 1 is 0.750 bits per heavy atom. The first kappa shape index (κ1) is 22.7. The zero-order valence-corrected chi connectivity index (χ0v) is 18.9. The minimum absolute atomic E-state index is 0.230. The molecule has 0 bridgehead atoms. The predicted octanol–water partition coefficient (Wildman–Crippen LogP) is 8.05. The van der Waals surface area contributed by atoms with Gasteiger partial charge in [0.05, 0.1) is 5.52 Å². The number of benzene rings is 1. The number of aryl methyl sites for hydroxylation is 1. The molecule has 0 spiro atoms. The van der Waals surface area contributed by atoms with Crippen molar-refractivity contribution < 1.29 is 4.74 Å². The number of aromatic nitrogens is 1. The zero-order chi connectivity index (χ0) is 20.4. The van der Waals surface area contributed by atoms with E-state index in [1.807, 2.05) is 0 Å². The van der Waals surface area contributed by atoms with E-state index >= 15 is 0 Å². The SMILES string of the molecule is CCCCCCCc1c(CCCCCC)c(OC(C)(C)C)nc2ccccc12. The van der Waals surface area contributed by atoms with Crippen LogP contribution >= 0.6 is 0 Å². The summed E-state index contributed by atoms with van der Waals surface area (Å²) in [5, 5.41) is 1.32. The lowest BCUT2D eigenvalue weighted by atomic mass is 9.93. The Morgan fingerprint density at radius 3 is 1.96 bits per heavy atom. The lowest BCUT2D eigenvalue weighted by Gasteiger charge is -2.25. The highest BCUT2D eigenvalue weighted by atomic mass is 16.5. The van der Waals surface area contributed by atoms with Crippen LogP contribution < -0.4 is 4.74 Å². The highest BCUT2D eigenvalue weighted by Crippen LogP contribution is 2.33. The molecule has 0 fully saturated rings. The lowest BCUT2D eigenvalue weighted by molar-refractivity contribution is 0.123. The number of ether oxygens (including phenoxy) is 1. The molecular formula is C26H41NO. The number of rotatable bonds is 12. The minimum atomic E-state index is -0.230. The first-order valence-electron chi connectivity index (χ1n) is 11.6. The van der Waals surface area contributed by atoms with E-state index in [1.54, 1.807) is 0 Å². The van der Waals surface area contributed by atoms with Gasteiger partial charge in [-0.3, -0.25) is 0 Å². The van der Waals surface area contributed by atoms with E-state index in [9.17, 15) is 0 Å². The topological polar surface area (TPSA) is 22.1 Å². The molecule has 0 saturated carbocycles. The van der Waals surface area contributed by atoms with Crippen LogP contribution in [-0.4, -0.2) is 10.6 Å². The number of para-hydroxylation sites is 1. The minimum Gasteiger partial charge on any atom is -0.472 e. The van der Waals surface area contributed by atoms with Gasteiger partial charge in [-0.05, 0) is 58.1 Å². The zero-order valence-electron chi connectivity index (χ0n) is 18.9. The van der Waals surface area contributed by atoms with Gasteiger partial charge in [0.25, 0.3) is 0 Å². The Kier molecular flexibility index (Phi) is 9.28. The first-order chi connectivity index (χ1) is 13.5. The molecule has 28 heavy (non-hydrogen) atoms. The van der Waals surface area contributed by atoms with Gasteiger partial charge in [0.2, 0.25) is 5.88 Å². The van der Waals surface area contributed by atoms with Gasteiger partial charge in [0, 0.05) is 10.9 Å². The van der Waals surface area contributed by atoms with Crippen LogP contribution in [0.5, 0.6) is 5.88 Å². The van der Waals surface area contributed by atoms with Crippen LogP contribution in [0.4, 0.5) is 0 Å². The Labute approximate surface area is 173 Å². The molecule has 1 aromatic carbocycles. The molecule has 0 radical (unpaired) electrons. The van der Waals surface area contributed by atoms with Gasteiger partial charge in [-0.15, -0.1) is 0 Å². The summed E-state index contributed by atoms with van der Waals surface area (Å²) < 4.78 is 6.37. The Bertz CT molecular complexity index is 714. The molecule has 156 valence electrons. The number of unbranched alkanes of at least 4 members (excludes halogenated alkanes) is 7. The maximum atomic E-state index is 6.37. The molecule has 0 amide bonds. The van der Waals surface area contributed by atoms with E-state index in [-0.39, 0.29) is 5.60 Å². The highest BCUT2D eigenvalue weighted by molar-refractivity contribution is 5.84. The average molecular weight is 384 g/mol. The molecule has 0 aliphatic heterocycles. The number of fused-ring (bicyclic) bond motifs is 1. The lowest BCUT2D eigenvalue weighted by Crippen LogP contribution is -2.24. The van der Waals surface area contributed by atoms with Crippen molar-refractivity contribution in [2.24, 2.45) is 0 Å². The molecular weight excluding hydrogens is 342 g/mol. The van der Waals surface area contributed by atoms with E-state index < -0.39 is 0 Å². The first-order valence-corrected chi connectivity index (χ1v) is 11.6. The van der Waals surface area contributed by atoms with Gasteiger partial charge in [-0.1, -0.05) is 77.0 Å². The molecule has 2 rings (SSSR count). The summed E-state index contributed by atoms with van der Waals surface area (Å²) >= 11 is 0. The second kappa shape index (κ2) is 11.4. The van der Waals surface area contributed by atoms with Crippen LogP contribution in [0, 0.1) is 0 Å². The molecule has 1 aromatic heterocycles. The average Bonchev–Trinajstić information content (AvgIpc) is 2.65. The summed E-state index contributed by atoms with van der Waals surface area (Å²) in [6.45, 7) is 10.9. The normalized spacial score (nSPS) is 11.9. The van der Waals surface area contributed by atoms with Crippen molar-refractivity contribution in [3.8, 4) is 5.88 Å². The molecule has 0 atom stereocenters. The second-order valence-electron chi connectivity index (χ2n) is 9.08. The van der Waals surface area contributed by atoms with Crippen LogP contribution in [0.15, 0.2) is 24.3 Å². The molecule has 1 heterocycles. The smallest absolute Gasteiger partial charge is 0.217 e. The quantitative estimate of drug-likeness (QED) is 0.346. The largest absolute Gasteiger partial charge is 0.472 e. The molecule has 2 nitrogen and oxygen atoms in total. The Hall–Kier alpha value is -1.57. The highest BCUT2D eigenvalue weighted by Gasteiger charge is 2.20. The monoisotopic (exact) mass is 383 g/mol. The molecule has 0 unspecified atom stereocenters. The fourth-order valence-electron chi connectivity index (χ4n) is 3.85. The van der Waals surface area contributed by atoms with Gasteiger partial charge in [-0.25, -0.2) is 4.98 Å². The van der Waals surface area contributed by atoms with Crippen molar-refractivity contribution in [3.63, 3.8) is 0 Å². The van der Waals surface area contributed by atoms with E-state index in [0.717, 1.165) is 24.2 Å². The van der Waals surface area contributed by atoms with Crippen LogP contribution in [0.25, 0.3) is 10.9 Å².